The summed E-state index contributed by atoms with van der Waals surface area (Å²) < 4.78 is 3.43. The number of amides is 1. The molecule has 0 bridgehead atoms. The first-order valence-corrected chi connectivity index (χ1v) is 6.46. The van der Waals surface area contributed by atoms with Gasteiger partial charge in [-0.15, -0.1) is 0 Å². The quantitative estimate of drug-likeness (QED) is 0.811. The monoisotopic (exact) mass is 281 g/mol. The second-order valence-corrected chi connectivity index (χ2v) is 4.62. The third kappa shape index (κ3) is 3.82. The summed E-state index contributed by atoms with van der Waals surface area (Å²) in [4.78, 5) is 11.7. The third-order valence-corrected chi connectivity index (χ3v) is 3.15. The Labute approximate surface area is 116 Å². The van der Waals surface area contributed by atoms with Gasteiger partial charge in [0, 0.05) is 25.5 Å². The van der Waals surface area contributed by atoms with Crippen molar-refractivity contribution in [2.75, 3.05) is 6.54 Å². The summed E-state index contributed by atoms with van der Waals surface area (Å²) in [6, 6.07) is 1.88. The highest BCUT2D eigenvalue weighted by Crippen LogP contribution is 2.12. The maximum atomic E-state index is 11.7. The van der Waals surface area contributed by atoms with Crippen LogP contribution in [0.4, 0.5) is 0 Å². The molecule has 0 fully saturated rings. The molecule has 0 aliphatic carbocycles. The van der Waals surface area contributed by atoms with E-state index in [1.807, 2.05) is 23.9 Å². The van der Waals surface area contributed by atoms with Gasteiger partial charge in [0.15, 0.2) is 0 Å². The Hall–Kier alpha value is -1.82. The molecule has 2 aromatic rings. The lowest BCUT2D eigenvalue weighted by atomic mass is 10.4. The van der Waals surface area contributed by atoms with Crippen molar-refractivity contribution in [3.05, 3.63) is 35.4 Å². The van der Waals surface area contributed by atoms with Gasteiger partial charge in [0.1, 0.15) is 6.54 Å². The van der Waals surface area contributed by atoms with Gasteiger partial charge < -0.3 is 5.32 Å². The predicted molar refractivity (Wildman–Crippen MR) is 71.8 cm³/mol. The van der Waals surface area contributed by atoms with Crippen LogP contribution >= 0.6 is 11.6 Å². The zero-order chi connectivity index (χ0) is 13.7. The SMILES string of the molecule is Cc1c(Cl)cnn1CC(=O)NCCCn1cccn1. The molecular weight excluding hydrogens is 266 g/mol. The molecule has 6 nitrogen and oxygen atoms in total. The van der Waals surface area contributed by atoms with Gasteiger partial charge in [0.25, 0.3) is 0 Å². The summed E-state index contributed by atoms with van der Waals surface area (Å²) in [5, 5.41) is 11.5. The maximum absolute atomic E-state index is 11.7. The van der Waals surface area contributed by atoms with E-state index in [1.54, 1.807) is 17.1 Å². The summed E-state index contributed by atoms with van der Waals surface area (Å²) >= 11 is 5.87. The zero-order valence-corrected chi connectivity index (χ0v) is 11.5. The van der Waals surface area contributed by atoms with Crippen LogP contribution in [0.1, 0.15) is 12.1 Å². The zero-order valence-electron chi connectivity index (χ0n) is 10.7. The smallest absolute Gasteiger partial charge is 0.241 e. The van der Waals surface area contributed by atoms with E-state index in [0.717, 1.165) is 18.7 Å². The number of nitrogens with one attached hydrogen (secondary N) is 1. The molecule has 102 valence electrons. The Balaban J connectivity index is 1.69. The molecule has 2 rings (SSSR count). The Morgan fingerprint density at radius 1 is 1.47 bits per heavy atom. The van der Waals surface area contributed by atoms with Crippen molar-refractivity contribution in [1.82, 2.24) is 24.9 Å². The second kappa shape index (κ2) is 6.38. The van der Waals surface area contributed by atoms with Crippen molar-refractivity contribution in [1.29, 1.82) is 0 Å². The number of hydrogen-bond donors (Lipinski definition) is 1. The molecule has 1 amide bonds. The van der Waals surface area contributed by atoms with Gasteiger partial charge >= 0.3 is 0 Å². The fourth-order valence-corrected chi connectivity index (χ4v) is 1.82. The van der Waals surface area contributed by atoms with E-state index < -0.39 is 0 Å². The molecule has 0 saturated carbocycles. The number of aromatic nitrogens is 4. The highest BCUT2D eigenvalue weighted by molar-refractivity contribution is 6.31. The average molecular weight is 282 g/mol. The summed E-state index contributed by atoms with van der Waals surface area (Å²) in [5.74, 6) is -0.0664. The molecule has 0 radical (unpaired) electrons. The number of halogens is 1. The number of rotatable bonds is 6. The molecule has 7 heteroatoms. The number of aryl methyl sites for hydroxylation is 1. The van der Waals surface area contributed by atoms with E-state index >= 15 is 0 Å². The molecule has 2 heterocycles. The largest absolute Gasteiger partial charge is 0.354 e. The first-order valence-electron chi connectivity index (χ1n) is 6.09. The van der Waals surface area contributed by atoms with E-state index in [2.05, 4.69) is 15.5 Å². The van der Waals surface area contributed by atoms with Crippen LogP contribution in [0.2, 0.25) is 5.02 Å². The van der Waals surface area contributed by atoms with Crippen LogP contribution in [-0.4, -0.2) is 32.0 Å². The molecule has 0 saturated heterocycles. The Bertz CT molecular complexity index is 534. The first-order chi connectivity index (χ1) is 9.16. The molecule has 19 heavy (non-hydrogen) atoms. The Kier molecular flexibility index (Phi) is 4.57. The van der Waals surface area contributed by atoms with Crippen LogP contribution in [-0.2, 0) is 17.9 Å². The first kappa shape index (κ1) is 13.6. The van der Waals surface area contributed by atoms with Gasteiger partial charge in [-0.05, 0) is 19.4 Å². The van der Waals surface area contributed by atoms with Crippen molar-refractivity contribution in [3.63, 3.8) is 0 Å². The molecule has 0 spiro atoms. The molecule has 0 unspecified atom stereocenters. The van der Waals surface area contributed by atoms with Gasteiger partial charge in [0.05, 0.1) is 16.9 Å². The molecular formula is C12H16ClN5O. The lowest BCUT2D eigenvalue weighted by molar-refractivity contribution is -0.121. The van der Waals surface area contributed by atoms with E-state index in [4.69, 9.17) is 11.6 Å². The lowest BCUT2D eigenvalue weighted by Gasteiger charge is -2.07. The minimum Gasteiger partial charge on any atom is -0.354 e. The predicted octanol–water partition coefficient (Wildman–Crippen LogP) is 1.25. The summed E-state index contributed by atoms with van der Waals surface area (Å²) in [5.41, 5.74) is 0.799. The van der Waals surface area contributed by atoms with E-state index in [-0.39, 0.29) is 12.5 Å². The molecule has 0 aromatic carbocycles. The fraction of sp³-hybridized carbons (Fsp3) is 0.417. The normalized spacial score (nSPS) is 10.6. The summed E-state index contributed by atoms with van der Waals surface area (Å²) in [6.07, 6.45) is 6.02. The van der Waals surface area contributed by atoms with Gasteiger partial charge in [-0.3, -0.25) is 14.2 Å². The van der Waals surface area contributed by atoms with Crippen LogP contribution in [0, 0.1) is 6.92 Å². The van der Waals surface area contributed by atoms with Crippen molar-refractivity contribution in [2.24, 2.45) is 0 Å². The molecule has 0 aliphatic heterocycles. The van der Waals surface area contributed by atoms with E-state index in [9.17, 15) is 4.79 Å². The van der Waals surface area contributed by atoms with Crippen LogP contribution in [0.25, 0.3) is 0 Å². The minimum absolute atomic E-state index is 0.0664. The van der Waals surface area contributed by atoms with Crippen LogP contribution in [0.3, 0.4) is 0 Å². The molecule has 0 aliphatic rings. The third-order valence-electron chi connectivity index (χ3n) is 2.78. The summed E-state index contributed by atoms with van der Waals surface area (Å²) in [7, 11) is 0. The molecule has 2 aromatic heterocycles. The topological polar surface area (TPSA) is 64.7 Å². The van der Waals surface area contributed by atoms with Crippen molar-refractivity contribution >= 4 is 17.5 Å². The number of carbonyl (C=O) groups is 1. The minimum atomic E-state index is -0.0664. The fourth-order valence-electron chi connectivity index (χ4n) is 1.68. The van der Waals surface area contributed by atoms with Crippen molar-refractivity contribution < 1.29 is 4.79 Å². The second-order valence-electron chi connectivity index (χ2n) is 4.21. The Morgan fingerprint density at radius 3 is 2.95 bits per heavy atom. The van der Waals surface area contributed by atoms with E-state index in [1.165, 1.54) is 0 Å². The van der Waals surface area contributed by atoms with Crippen molar-refractivity contribution in [2.45, 2.75) is 26.4 Å². The van der Waals surface area contributed by atoms with Crippen LogP contribution in [0.15, 0.2) is 24.7 Å². The summed E-state index contributed by atoms with van der Waals surface area (Å²) in [6.45, 7) is 3.44. The van der Waals surface area contributed by atoms with Gasteiger partial charge in [-0.2, -0.15) is 10.2 Å². The van der Waals surface area contributed by atoms with Gasteiger partial charge in [-0.1, -0.05) is 11.6 Å². The van der Waals surface area contributed by atoms with Crippen molar-refractivity contribution in [3.8, 4) is 0 Å². The highest BCUT2D eigenvalue weighted by Gasteiger charge is 2.07. The lowest BCUT2D eigenvalue weighted by Crippen LogP contribution is -2.29. The molecule has 1 N–H and O–H groups in total. The van der Waals surface area contributed by atoms with Gasteiger partial charge in [-0.25, -0.2) is 0 Å². The highest BCUT2D eigenvalue weighted by atomic mass is 35.5. The number of hydrogen-bond acceptors (Lipinski definition) is 3. The van der Waals surface area contributed by atoms with Gasteiger partial charge in [0.2, 0.25) is 5.91 Å². The maximum Gasteiger partial charge on any atom is 0.241 e. The molecule has 0 atom stereocenters. The number of carbonyl (C=O) groups excluding carboxylic acids is 1. The average Bonchev–Trinajstić information content (AvgIpc) is 3.00. The van der Waals surface area contributed by atoms with E-state index in [0.29, 0.717) is 11.6 Å². The number of nitrogens with zero attached hydrogens (tertiary/aromatic N) is 4. The Morgan fingerprint density at radius 2 is 2.32 bits per heavy atom. The van der Waals surface area contributed by atoms with Crippen LogP contribution in [0.5, 0.6) is 0 Å². The van der Waals surface area contributed by atoms with Crippen LogP contribution < -0.4 is 5.32 Å². The standard InChI is InChI=1S/C12H16ClN5O/c1-10-11(13)8-16-18(10)9-12(19)14-4-2-6-17-7-3-5-15-17/h3,5,7-8H,2,4,6,9H2,1H3,(H,14,19).